The Morgan fingerprint density at radius 2 is 1.69 bits per heavy atom. The second kappa shape index (κ2) is 13.7. The maximum absolute atomic E-state index is 14.3. The number of benzene rings is 2. The van der Waals surface area contributed by atoms with Gasteiger partial charge in [0.2, 0.25) is 0 Å². The van der Waals surface area contributed by atoms with Gasteiger partial charge in [-0.3, -0.25) is 14.0 Å². The van der Waals surface area contributed by atoms with Crippen molar-refractivity contribution in [2.45, 2.75) is 13.0 Å². The molecule has 0 spiro atoms. The van der Waals surface area contributed by atoms with E-state index in [-0.39, 0.29) is 17.9 Å². The van der Waals surface area contributed by atoms with Crippen molar-refractivity contribution in [1.29, 1.82) is 0 Å². The van der Waals surface area contributed by atoms with Crippen LogP contribution in [0.2, 0.25) is 0 Å². The fourth-order valence-corrected chi connectivity index (χ4v) is 4.61. The highest BCUT2D eigenvalue weighted by Gasteiger charge is 2.26. The zero-order chi connectivity index (χ0) is 28.7. The topological polar surface area (TPSA) is 66.2 Å². The second-order valence-corrected chi connectivity index (χ2v) is 10.0. The molecule has 0 unspecified atom stereocenters. The van der Waals surface area contributed by atoms with Gasteiger partial charge in [0.15, 0.2) is 11.3 Å². The molecule has 1 fully saturated rings. The van der Waals surface area contributed by atoms with Crippen LogP contribution in [0.5, 0.6) is 0 Å². The van der Waals surface area contributed by atoms with Gasteiger partial charge in [-0.1, -0.05) is 0 Å². The number of morpholine rings is 1. The number of alkyl halides is 1. The average molecular weight is 566 g/mol. The quantitative estimate of drug-likeness (QED) is 0.453. The lowest BCUT2D eigenvalue weighted by Crippen LogP contribution is -2.36. The number of hydrogen-bond donors (Lipinski definition) is 0. The van der Waals surface area contributed by atoms with Gasteiger partial charge >= 0.3 is 0 Å². The summed E-state index contributed by atoms with van der Waals surface area (Å²) in [4.78, 5) is 31.1. The summed E-state index contributed by atoms with van der Waals surface area (Å²) >= 11 is 1.75. The normalized spacial score (nSPS) is 14.3. The summed E-state index contributed by atoms with van der Waals surface area (Å²) < 4.78 is 49.4. The molecule has 0 bridgehead atoms. The maximum Gasteiger partial charge on any atom is 0.253 e. The molecule has 7 nitrogen and oxygen atoms in total. The van der Waals surface area contributed by atoms with Crippen LogP contribution in [0, 0.1) is 11.6 Å². The molecule has 1 amide bonds. The Kier molecular flexibility index (Phi) is 10.7. The van der Waals surface area contributed by atoms with Gasteiger partial charge < -0.3 is 23.9 Å². The minimum absolute atomic E-state index is 0.233. The highest BCUT2D eigenvalue weighted by Crippen LogP contribution is 2.34. The number of halogens is 3. The van der Waals surface area contributed by atoms with E-state index in [9.17, 15) is 22.8 Å². The van der Waals surface area contributed by atoms with E-state index in [1.54, 1.807) is 38.0 Å². The number of anilines is 2. The van der Waals surface area contributed by atoms with Crippen molar-refractivity contribution in [2.24, 2.45) is 0 Å². The van der Waals surface area contributed by atoms with Gasteiger partial charge in [-0.05, 0) is 37.1 Å². The Morgan fingerprint density at radius 3 is 2.33 bits per heavy atom. The average Bonchev–Trinajstić information content (AvgIpc) is 3.33. The van der Waals surface area contributed by atoms with E-state index in [0.717, 1.165) is 6.07 Å². The molecule has 2 aromatic carbocycles. The summed E-state index contributed by atoms with van der Waals surface area (Å²) in [5.41, 5.74) is 2.01. The summed E-state index contributed by atoms with van der Waals surface area (Å²) in [6, 6.07) is 6.90. The third kappa shape index (κ3) is 6.88. The van der Waals surface area contributed by atoms with Crippen molar-refractivity contribution in [3.8, 4) is 0 Å². The smallest absolute Gasteiger partial charge is 0.253 e. The minimum Gasteiger partial charge on any atom is -0.440 e. The SMILES string of the molecule is CF.CN(C)C(=O)c1cc(CN2CCc3c(F)cc(F)cc32)c2oc(N3CCOCC3)cc(=O)c2c1.CSC. The molecule has 1 aromatic heterocycles. The van der Waals surface area contributed by atoms with E-state index in [1.807, 2.05) is 22.3 Å². The number of carbonyl (C=O) groups is 1. The van der Waals surface area contributed by atoms with Crippen molar-refractivity contribution < 1.29 is 27.1 Å². The third-order valence-corrected chi connectivity index (χ3v) is 6.34. The van der Waals surface area contributed by atoms with Gasteiger partial charge in [0.1, 0.15) is 17.2 Å². The molecule has 3 heterocycles. The molecular formula is C28H34F3N3O4S. The zero-order valence-electron chi connectivity index (χ0n) is 22.9. The van der Waals surface area contributed by atoms with Crippen LogP contribution in [-0.2, 0) is 17.7 Å². The van der Waals surface area contributed by atoms with Crippen molar-refractivity contribution >= 4 is 40.2 Å². The van der Waals surface area contributed by atoms with Gasteiger partial charge in [0.05, 0.1) is 25.8 Å². The first kappa shape index (κ1) is 30.4. The molecule has 0 atom stereocenters. The Hall–Kier alpha value is -3.18. The lowest BCUT2D eigenvalue weighted by Gasteiger charge is -2.27. The molecule has 212 valence electrons. The van der Waals surface area contributed by atoms with Crippen LogP contribution in [0.4, 0.5) is 24.7 Å². The second-order valence-electron chi connectivity index (χ2n) is 9.23. The van der Waals surface area contributed by atoms with E-state index in [1.165, 1.54) is 17.0 Å². The Labute approximate surface area is 230 Å². The molecule has 39 heavy (non-hydrogen) atoms. The molecule has 2 aliphatic rings. The summed E-state index contributed by atoms with van der Waals surface area (Å²) in [6.45, 7) is 2.98. The number of thioether (sulfide) groups is 1. The number of amides is 1. The Bertz CT molecular complexity index is 1360. The zero-order valence-corrected chi connectivity index (χ0v) is 23.7. The van der Waals surface area contributed by atoms with Gasteiger partial charge in [0.25, 0.3) is 5.91 Å². The molecule has 1 saturated heterocycles. The first-order chi connectivity index (χ1) is 18.7. The van der Waals surface area contributed by atoms with Crippen LogP contribution >= 0.6 is 11.8 Å². The van der Waals surface area contributed by atoms with Crippen molar-refractivity contribution in [3.63, 3.8) is 0 Å². The molecule has 11 heteroatoms. The lowest BCUT2D eigenvalue weighted by atomic mass is 10.0. The number of carbonyl (C=O) groups excluding carboxylic acids is 1. The summed E-state index contributed by atoms with van der Waals surface area (Å²) in [5, 5.41) is 0.296. The maximum atomic E-state index is 14.3. The first-order valence-electron chi connectivity index (χ1n) is 12.4. The van der Waals surface area contributed by atoms with E-state index >= 15 is 0 Å². The van der Waals surface area contributed by atoms with Gasteiger partial charge in [-0.15, -0.1) is 0 Å². The van der Waals surface area contributed by atoms with Crippen LogP contribution in [0.25, 0.3) is 11.0 Å². The van der Waals surface area contributed by atoms with E-state index in [2.05, 4.69) is 0 Å². The van der Waals surface area contributed by atoms with Crippen molar-refractivity contribution in [2.75, 3.05) is 76.4 Å². The van der Waals surface area contributed by atoms with Crippen LogP contribution < -0.4 is 15.2 Å². The van der Waals surface area contributed by atoms with E-state index in [0.29, 0.717) is 85.7 Å². The number of nitrogens with zero attached hydrogens (tertiary/aromatic N) is 3. The third-order valence-electron chi connectivity index (χ3n) is 6.34. The molecule has 0 saturated carbocycles. The predicted octanol–water partition coefficient (Wildman–Crippen LogP) is 4.74. The molecule has 5 rings (SSSR count). The molecular weight excluding hydrogens is 531 g/mol. The Balaban J connectivity index is 0.000000787. The van der Waals surface area contributed by atoms with E-state index in [4.69, 9.17) is 9.15 Å². The van der Waals surface area contributed by atoms with Crippen molar-refractivity contribution in [3.05, 3.63) is 68.9 Å². The summed E-state index contributed by atoms with van der Waals surface area (Å²) in [7, 11) is 3.77. The molecule has 3 aromatic rings. The molecule has 2 aliphatic heterocycles. The largest absolute Gasteiger partial charge is 0.440 e. The molecule has 0 N–H and O–H groups in total. The minimum atomic E-state index is -0.648. The predicted molar refractivity (Wildman–Crippen MR) is 151 cm³/mol. The molecule has 0 radical (unpaired) electrons. The van der Waals surface area contributed by atoms with E-state index < -0.39 is 11.6 Å². The van der Waals surface area contributed by atoms with Gasteiger partial charge in [-0.25, -0.2) is 8.78 Å². The fourth-order valence-electron chi connectivity index (χ4n) is 4.61. The fraction of sp³-hybridized carbons (Fsp3) is 0.429. The van der Waals surface area contributed by atoms with Crippen LogP contribution in [0.1, 0.15) is 21.5 Å². The van der Waals surface area contributed by atoms with Crippen LogP contribution in [0.3, 0.4) is 0 Å². The Morgan fingerprint density at radius 1 is 1.03 bits per heavy atom. The first-order valence-corrected chi connectivity index (χ1v) is 14.0. The monoisotopic (exact) mass is 565 g/mol. The highest BCUT2D eigenvalue weighted by atomic mass is 32.2. The van der Waals surface area contributed by atoms with Crippen LogP contribution in [0.15, 0.2) is 39.5 Å². The standard InChI is InChI=1S/C25H25F2N3O4.C2H6S.CH3F/c1-28(2)25(32)15-9-16(14-30-4-3-18-20(27)11-17(26)12-21(18)30)24-19(10-15)22(31)13-23(34-24)29-5-7-33-8-6-29;1-3-2;1-2/h9-13H,3-8,14H2,1-2H3;1-2H3;1H3. The lowest BCUT2D eigenvalue weighted by molar-refractivity contribution is 0.0827. The van der Waals surface area contributed by atoms with Gasteiger partial charge in [0, 0.05) is 74.8 Å². The molecule has 0 aliphatic carbocycles. The summed E-state index contributed by atoms with van der Waals surface area (Å²) in [6.07, 6.45) is 4.53. The number of rotatable bonds is 4. The number of ether oxygens (including phenoxy) is 1. The highest BCUT2D eigenvalue weighted by molar-refractivity contribution is 7.97. The number of hydrogen-bond acceptors (Lipinski definition) is 7. The van der Waals surface area contributed by atoms with Crippen molar-refractivity contribution in [1.82, 2.24) is 4.90 Å². The number of fused-ring (bicyclic) bond motifs is 2. The summed E-state index contributed by atoms with van der Waals surface area (Å²) in [5.74, 6) is -1.03. The van der Waals surface area contributed by atoms with Gasteiger partial charge in [-0.2, -0.15) is 11.8 Å². The van der Waals surface area contributed by atoms with Crippen LogP contribution in [-0.4, -0.2) is 77.4 Å².